The lowest BCUT2D eigenvalue weighted by atomic mass is 9.87. The normalized spacial score (nSPS) is 11.5. The number of ether oxygens (including phenoxy) is 1. The fourth-order valence-corrected chi connectivity index (χ4v) is 2.10. The van der Waals surface area contributed by atoms with Gasteiger partial charge in [0, 0.05) is 5.56 Å². The molecule has 0 saturated heterocycles. The van der Waals surface area contributed by atoms with Gasteiger partial charge in [0.2, 0.25) is 0 Å². The second-order valence-electron chi connectivity index (χ2n) is 6.12. The van der Waals surface area contributed by atoms with E-state index in [-0.39, 0.29) is 24.4 Å². The van der Waals surface area contributed by atoms with Gasteiger partial charge in [-0.2, -0.15) is 0 Å². The Labute approximate surface area is 125 Å². The Morgan fingerprint density at radius 2 is 1.71 bits per heavy atom. The lowest BCUT2D eigenvalue weighted by Crippen LogP contribution is -2.11. The highest BCUT2D eigenvalue weighted by atomic mass is 19.1. The molecule has 0 aliphatic heterocycles. The highest BCUT2D eigenvalue weighted by Crippen LogP contribution is 2.25. The molecule has 1 N–H and O–H groups in total. The van der Waals surface area contributed by atoms with Crippen LogP contribution in [-0.4, -0.2) is 5.11 Å². The summed E-state index contributed by atoms with van der Waals surface area (Å²) in [5.41, 5.74) is 2.78. The van der Waals surface area contributed by atoms with E-state index >= 15 is 0 Å². The van der Waals surface area contributed by atoms with E-state index in [9.17, 15) is 9.50 Å². The van der Waals surface area contributed by atoms with Crippen LogP contribution in [0.3, 0.4) is 0 Å². The molecule has 21 heavy (non-hydrogen) atoms. The van der Waals surface area contributed by atoms with E-state index in [0.29, 0.717) is 5.56 Å². The maximum Gasteiger partial charge on any atom is 0.165 e. The number of hydrogen-bond donors (Lipinski definition) is 1. The van der Waals surface area contributed by atoms with Crippen molar-refractivity contribution in [2.24, 2.45) is 0 Å². The number of aliphatic hydroxyl groups is 1. The third-order valence-corrected chi connectivity index (χ3v) is 3.42. The Balaban J connectivity index is 2.10. The van der Waals surface area contributed by atoms with Crippen molar-refractivity contribution in [2.45, 2.75) is 39.4 Å². The number of para-hydroxylation sites is 1. The first-order chi connectivity index (χ1) is 9.91. The monoisotopic (exact) mass is 288 g/mol. The molecule has 2 nitrogen and oxygen atoms in total. The van der Waals surface area contributed by atoms with E-state index in [0.717, 1.165) is 5.56 Å². The lowest BCUT2D eigenvalue weighted by Gasteiger charge is -2.19. The Morgan fingerprint density at radius 3 is 2.29 bits per heavy atom. The third kappa shape index (κ3) is 3.82. The minimum absolute atomic E-state index is 0.106. The fraction of sp³-hybridized carbons (Fsp3) is 0.333. The van der Waals surface area contributed by atoms with Crippen molar-refractivity contribution in [3.8, 4) is 5.75 Å². The highest BCUT2D eigenvalue weighted by Gasteiger charge is 2.13. The topological polar surface area (TPSA) is 29.5 Å². The van der Waals surface area contributed by atoms with Crippen molar-refractivity contribution >= 4 is 0 Å². The van der Waals surface area contributed by atoms with Crippen LogP contribution in [0.5, 0.6) is 5.75 Å². The molecule has 2 rings (SSSR count). The minimum Gasteiger partial charge on any atom is -0.485 e. The lowest BCUT2D eigenvalue weighted by molar-refractivity contribution is 0.251. The molecule has 0 fully saturated rings. The maximum absolute atomic E-state index is 13.7. The van der Waals surface area contributed by atoms with Gasteiger partial charge in [-0.05, 0) is 22.6 Å². The molecule has 2 aromatic carbocycles. The number of rotatable bonds is 4. The second kappa shape index (κ2) is 6.27. The van der Waals surface area contributed by atoms with Crippen LogP contribution >= 0.6 is 0 Å². The van der Waals surface area contributed by atoms with Gasteiger partial charge in [0.1, 0.15) is 6.61 Å². The van der Waals surface area contributed by atoms with Gasteiger partial charge in [-0.25, -0.2) is 4.39 Å². The number of benzene rings is 2. The summed E-state index contributed by atoms with van der Waals surface area (Å²) in [6, 6.07) is 12.6. The Kier molecular flexibility index (Phi) is 4.63. The Morgan fingerprint density at radius 1 is 1.05 bits per heavy atom. The summed E-state index contributed by atoms with van der Waals surface area (Å²) in [4.78, 5) is 0. The quantitative estimate of drug-likeness (QED) is 0.914. The number of hydrogen-bond acceptors (Lipinski definition) is 2. The van der Waals surface area contributed by atoms with Gasteiger partial charge in [0.15, 0.2) is 11.6 Å². The average molecular weight is 288 g/mol. The summed E-state index contributed by atoms with van der Waals surface area (Å²) in [5, 5.41) is 9.22. The van der Waals surface area contributed by atoms with Crippen LogP contribution < -0.4 is 4.74 Å². The molecule has 0 amide bonds. The highest BCUT2D eigenvalue weighted by molar-refractivity contribution is 5.35. The van der Waals surface area contributed by atoms with Crippen LogP contribution in [0.4, 0.5) is 4.39 Å². The van der Waals surface area contributed by atoms with Crippen LogP contribution in [0.1, 0.15) is 37.5 Å². The van der Waals surface area contributed by atoms with Crippen LogP contribution in [0, 0.1) is 5.82 Å². The smallest absolute Gasteiger partial charge is 0.165 e. The number of halogens is 1. The molecule has 112 valence electrons. The van der Waals surface area contributed by atoms with Crippen molar-refractivity contribution in [1.82, 2.24) is 0 Å². The van der Waals surface area contributed by atoms with Crippen LogP contribution in [0.2, 0.25) is 0 Å². The van der Waals surface area contributed by atoms with E-state index < -0.39 is 5.82 Å². The second-order valence-corrected chi connectivity index (χ2v) is 6.12. The van der Waals surface area contributed by atoms with Gasteiger partial charge < -0.3 is 9.84 Å². The molecule has 0 saturated carbocycles. The third-order valence-electron chi connectivity index (χ3n) is 3.42. The predicted octanol–water partition coefficient (Wildman–Crippen LogP) is 4.19. The fourth-order valence-electron chi connectivity index (χ4n) is 2.10. The Bertz CT molecular complexity index is 598. The van der Waals surface area contributed by atoms with Gasteiger partial charge >= 0.3 is 0 Å². The molecule has 0 unspecified atom stereocenters. The summed E-state index contributed by atoms with van der Waals surface area (Å²) in [7, 11) is 0. The maximum atomic E-state index is 13.7. The van der Waals surface area contributed by atoms with Gasteiger partial charge in [-0.1, -0.05) is 57.2 Å². The largest absolute Gasteiger partial charge is 0.485 e. The number of aliphatic hydroxyl groups excluding tert-OH is 1. The van der Waals surface area contributed by atoms with Gasteiger partial charge in [0.05, 0.1) is 6.61 Å². The van der Waals surface area contributed by atoms with E-state index in [4.69, 9.17) is 4.74 Å². The van der Waals surface area contributed by atoms with Crippen molar-refractivity contribution in [3.05, 3.63) is 65.0 Å². The molecule has 0 aliphatic rings. The SMILES string of the molecule is CC(C)(C)c1ccc(COc2c(F)cccc2CO)cc1. The Hall–Kier alpha value is -1.87. The van der Waals surface area contributed by atoms with Crippen molar-refractivity contribution in [3.63, 3.8) is 0 Å². The van der Waals surface area contributed by atoms with Crippen LogP contribution in [0.25, 0.3) is 0 Å². The molecule has 2 aromatic rings. The van der Waals surface area contributed by atoms with E-state index in [1.165, 1.54) is 11.6 Å². The first-order valence-electron chi connectivity index (χ1n) is 7.02. The van der Waals surface area contributed by atoms with E-state index in [1.807, 2.05) is 12.1 Å². The average Bonchev–Trinajstić information content (AvgIpc) is 2.45. The van der Waals surface area contributed by atoms with Crippen molar-refractivity contribution in [2.75, 3.05) is 0 Å². The molecule has 0 spiro atoms. The molecule has 0 bridgehead atoms. The summed E-state index contributed by atoms with van der Waals surface area (Å²) < 4.78 is 19.3. The molecule has 0 aliphatic carbocycles. The molecular formula is C18H21FO2. The predicted molar refractivity (Wildman–Crippen MR) is 81.8 cm³/mol. The molecule has 0 aromatic heterocycles. The summed E-state index contributed by atoms with van der Waals surface area (Å²) in [6.07, 6.45) is 0. The van der Waals surface area contributed by atoms with E-state index in [1.54, 1.807) is 12.1 Å². The molecule has 3 heteroatoms. The zero-order chi connectivity index (χ0) is 15.5. The molecule has 0 heterocycles. The summed E-state index contributed by atoms with van der Waals surface area (Å²) >= 11 is 0. The molecule has 0 radical (unpaired) electrons. The van der Waals surface area contributed by atoms with Gasteiger partial charge in [0.25, 0.3) is 0 Å². The molecule has 0 atom stereocenters. The first kappa shape index (κ1) is 15.5. The van der Waals surface area contributed by atoms with Crippen LogP contribution in [0.15, 0.2) is 42.5 Å². The van der Waals surface area contributed by atoms with Crippen molar-refractivity contribution < 1.29 is 14.2 Å². The van der Waals surface area contributed by atoms with Gasteiger partial charge in [-0.15, -0.1) is 0 Å². The minimum atomic E-state index is -0.451. The molecular weight excluding hydrogens is 267 g/mol. The van der Waals surface area contributed by atoms with Crippen molar-refractivity contribution in [1.29, 1.82) is 0 Å². The van der Waals surface area contributed by atoms with Crippen LogP contribution in [-0.2, 0) is 18.6 Å². The zero-order valence-electron chi connectivity index (χ0n) is 12.7. The van der Waals surface area contributed by atoms with Gasteiger partial charge in [-0.3, -0.25) is 0 Å². The summed E-state index contributed by atoms with van der Waals surface area (Å²) in [6.45, 7) is 6.51. The standard InChI is InChI=1S/C18H21FO2/c1-18(2,3)15-9-7-13(8-10-15)12-21-17-14(11-20)5-4-6-16(17)19/h4-10,20H,11-12H2,1-3H3. The summed E-state index contributed by atoms with van der Waals surface area (Å²) in [5.74, 6) is -0.326. The zero-order valence-corrected chi connectivity index (χ0v) is 12.7. The van der Waals surface area contributed by atoms with E-state index in [2.05, 4.69) is 32.9 Å². The first-order valence-corrected chi connectivity index (χ1v) is 7.02.